The Morgan fingerprint density at radius 3 is 2.89 bits per heavy atom. The second kappa shape index (κ2) is 6.10. The van der Waals surface area contributed by atoms with E-state index in [1.807, 2.05) is 12.1 Å². The summed E-state index contributed by atoms with van der Waals surface area (Å²) >= 11 is 0. The maximum Gasteiger partial charge on any atom is 0.124 e. The molecule has 2 rings (SSSR count). The molecule has 3 heteroatoms. The third kappa shape index (κ3) is 2.96. The van der Waals surface area contributed by atoms with Crippen LogP contribution in [-0.2, 0) is 6.54 Å². The first kappa shape index (κ1) is 13.2. The van der Waals surface area contributed by atoms with Crippen molar-refractivity contribution >= 4 is 0 Å². The van der Waals surface area contributed by atoms with Crippen molar-refractivity contribution in [2.45, 2.75) is 39.3 Å². The summed E-state index contributed by atoms with van der Waals surface area (Å²) in [4.78, 5) is 2.47. The molecular formula is C15H23NO2. The summed E-state index contributed by atoms with van der Waals surface area (Å²) in [5.74, 6) is 1.92. The zero-order valence-electron chi connectivity index (χ0n) is 11.6. The average molecular weight is 249 g/mol. The van der Waals surface area contributed by atoms with Gasteiger partial charge in [0.15, 0.2) is 0 Å². The summed E-state index contributed by atoms with van der Waals surface area (Å²) in [7, 11) is 1.71. The molecule has 0 radical (unpaired) electrons. The van der Waals surface area contributed by atoms with E-state index in [0.29, 0.717) is 6.10 Å². The topological polar surface area (TPSA) is 21.7 Å². The van der Waals surface area contributed by atoms with Crippen LogP contribution in [-0.4, -0.2) is 31.2 Å². The monoisotopic (exact) mass is 249 g/mol. The average Bonchev–Trinajstić information content (AvgIpc) is 2.56. The number of benzene rings is 1. The van der Waals surface area contributed by atoms with Gasteiger partial charge >= 0.3 is 0 Å². The molecule has 0 fully saturated rings. The van der Waals surface area contributed by atoms with Gasteiger partial charge in [0.25, 0.3) is 0 Å². The van der Waals surface area contributed by atoms with Crippen molar-refractivity contribution < 1.29 is 9.47 Å². The van der Waals surface area contributed by atoms with Crippen LogP contribution >= 0.6 is 0 Å². The predicted molar refractivity (Wildman–Crippen MR) is 73.3 cm³/mol. The van der Waals surface area contributed by atoms with E-state index >= 15 is 0 Å². The van der Waals surface area contributed by atoms with E-state index in [0.717, 1.165) is 37.6 Å². The number of rotatable bonds is 4. The van der Waals surface area contributed by atoms with Gasteiger partial charge in [0.1, 0.15) is 17.6 Å². The summed E-state index contributed by atoms with van der Waals surface area (Å²) in [5, 5.41) is 0. The van der Waals surface area contributed by atoms with Gasteiger partial charge in [-0.1, -0.05) is 13.8 Å². The molecule has 0 saturated heterocycles. The summed E-state index contributed by atoms with van der Waals surface area (Å²) in [6.45, 7) is 7.50. The minimum atomic E-state index is 0.297. The number of nitrogens with zero attached hydrogens (tertiary/aromatic N) is 1. The molecule has 0 amide bonds. The van der Waals surface area contributed by atoms with Crippen LogP contribution in [0.3, 0.4) is 0 Å². The molecule has 0 aliphatic carbocycles. The zero-order valence-corrected chi connectivity index (χ0v) is 11.6. The first-order valence-electron chi connectivity index (χ1n) is 6.82. The van der Waals surface area contributed by atoms with Crippen molar-refractivity contribution in [1.29, 1.82) is 0 Å². The quantitative estimate of drug-likeness (QED) is 0.818. The van der Waals surface area contributed by atoms with Crippen molar-refractivity contribution in [3.05, 3.63) is 23.8 Å². The van der Waals surface area contributed by atoms with Gasteiger partial charge in [0, 0.05) is 18.7 Å². The van der Waals surface area contributed by atoms with E-state index in [9.17, 15) is 0 Å². The Morgan fingerprint density at radius 2 is 2.22 bits per heavy atom. The van der Waals surface area contributed by atoms with Crippen LogP contribution in [0.1, 0.15) is 32.3 Å². The van der Waals surface area contributed by atoms with Gasteiger partial charge in [0.2, 0.25) is 0 Å². The van der Waals surface area contributed by atoms with Crippen molar-refractivity contribution in [1.82, 2.24) is 4.90 Å². The van der Waals surface area contributed by atoms with Crippen LogP contribution in [0.25, 0.3) is 0 Å². The van der Waals surface area contributed by atoms with E-state index in [1.165, 1.54) is 12.0 Å². The summed E-state index contributed by atoms with van der Waals surface area (Å²) in [6, 6.07) is 6.10. The number of methoxy groups -OCH3 is 1. The van der Waals surface area contributed by atoms with Crippen LogP contribution in [0.2, 0.25) is 0 Å². The molecule has 1 heterocycles. The van der Waals surface area contributed by atoms with Crippen LogP contribution < -0.4 is 9.47 Å². The molecule has 1 aliphatic heterocycles. The van der Waals surface area contributed by atoms with E-state index in [1.54, 1.807) is 7.11 Å². The summed E-state index contributed by atoms with van der Waals surface area (Å²) in [6.07, 6.45) is 2.52. The highest BCUT2D eigenvalue weighted by molar-refractivity contribution is 5.41. The Hall–Kier alpha value is -1.22. The minimum absolute atomic E-state index is 0.297. The number of hydrogen-bond acceptors (Lipinski definition) is 3. The Labute approximate surface area is 110 Å². The molecule has 0 bridgehead atoms. The van der Waals surface area contributed by atoms with Crippen molar-refractivity contribution in [3.8, 4) is 11.5 Å². The fourth-order valence-electron chi connectivity index (χ4n) is 2.43. The molecule has 0 unspecified atom stereocenters. The third-order valence-electron chi connectivity index (χ3n) is 3.41. The van der Waals surface area contributed by atoms with Crippen LogP contribution in [0.5, 0.6) is 11.5 Å². The Bertz CT molecular complexity index is 392. The fourth-order valence-corrected chi connectivity index (χ4v) is 2.43. The molecular weight excluding hydrogens is 226 g/mol. The highest BCUT2D eigenvalue weighted by Gasteiger charge is 2.21. The molecule has 1 atom stereocenters. The molecule has 1 aromatic rings. The lowest BCUT2D eigenvalue weighted by Gasteiger charge is -2.22. The van der Waals surface area contributed by atoms with Gasteiger partial charge in [-0.25, -0.2) is 0 Å². The van der Waals surface area contributed by atoms with Crippen LogP contribution in [0.4, 0.5) is 0 Å². The number of ether oxygens (including phenoxy) is 2. The Balaban J connectivity index is 2.25. The van der Waals surface area contributed by atoms with Gasteiger partial charge < -0.3 is 9.47 Å². The lowest BCUT2D eigenvalue weighted by atomic mass is 10.1. The lowest BCUT2D eigenvalue weighted by molar-refractivity contribution is 0.143. The summed E-state index contributed by atoms with van der Waals surface area (Å²) < 4.78 is 11.4. The van der Waals surface area contributed by atoms with E-state index in [-0.39, 0.29) is 0 Å². The van der Waals surface area contributed by atoms with Crippen molar-refractivity contribution in [2.24, 2.45) is 0 Å². The maximum atomic E-state index is 6.08. The molecule has 100 valence electrons. The molecule has 18 heavy (non-hydrogen) atoms. The van der Waals surface area contributed by atoms with Crippen LogP contribution in [0, 0.1) is 0 Å². The second-order valence-electron chi connectivity index (χ2n) is 4.86. The third-order valence-corrected chi connectivity index (χ3v) is 3.41. The molecule has 0 N–H and O–H groups in total. The first-order chi connectivity index (χ1) is 8.76. The van der Waals surface area contributed by atoms with Gasteiger partial charge in [-0.2, -0.15) is 0 Å². The summed E-state index contributed by atoms with van der Waals surface area (Å²) in [5.41, 5.74) is 1.23. The lowest BCUT2D eigenvalue weighted by Crippen LogP contribution is -2.32. The zero-order chi connectivity index (χ0) is 13.0. The van der Waals surface area contributed by atoms with Crippen LogP contribution in [0.15, 0.2) is 18.2 Å². The smallest absolute Gasteiger partial charge is 0.124 e. The first-order valence-corrected chi connectivity index (χ1v) is 6.82. The standard InChI is InChI=1S/C15H23NO2/c1-4-8-16-10-12-9-14(17-3)6-7-15(12)18-13(5-2)11-16/h6-7,9,13H,4-5,8,10-11H2,1-3H3/t13-/m1/s1. The highest BCUT2D eigenvalue weighted by Crippen LogP contribution is 2.29. The SMILES string of the molecule is CCCN1Cc2cc(OC)ccc2O[C@H](CC)C1. The molecule has 3 nitrogen and oxygen atoms in total. The molecule has 1 aliphatic rings. The van der Waals surface area contributed by atoms with Gasteiger partial charge in [-0.05, 0) is 37.6 Å². The fraction of sp³-hybridized carbons (Fsp3) is 0.600. The van der Waals surface area contributed by atoms with E-state index in [2.05, 4.69) is 24.8 Å². The normalized spacial score (nSPS) is 19.8. The number of fused-ring (bicyclic) bond motifs is 1. The molecule has 1 aromatic carbocycles. The highest BCUT2D eigenvalue weighted by atomic mass is 16.5. The number of hydrogen-bond donors (Lipinski definition) is 0. The minimum Gasteiger partial charge on any atom is -0.497 e. The predicted octanol–water partition coefficient (Wildman–Crippen LogP) is 3.08. The largest absolute Gasteiger partial charge is 0.497 e. The Kier molecular flexibility index (Phi) is 4.48. The van der Waals surface area contributed by atoms with Gasteiger partial charge in [0.05, 0.1) is 7.11 Å². The molecule has 0 aromatic heterocycles. The second-order valence-corrected chi connectivity index (χ2v) is 4.86. The van der Waals surface area contributed by atoms with E-state index in [4.69, 9.17) is 9.47 Å². The maximum absolute atomic E-state index is 6.08. The molecule has 0 saturated carbocycles. The van der Waals surface area contributed by atoms with E-state index < -0.39 is 0 Å². The van der Waals surface area contributed by atoms with Crippen molar-refractivity contribution in [2.75, 3.05) is 20.2 Å². The van der Waals surface area contributed by atoms with Gasteiger partial charge in [-0.3, -0.25) is 4.90 Å². The van der Waals surface area contributed by atoms with Crippen molar-refractivity contribution in [3.63, 3.8) is 0 Å². The molecule has 0 spiro atoms. The Morgan fingerprint density at radius 1 is 1.39 bits per heavy atom. The van der Waals surface area contributed by atoms with Gasteiger partial charge in [-0.15, -0.1) is 0 Å².